The Labute approximate surface area is 193 Å². The van der Waals surface area contributed by atoms with E-state index in [1.54, 1.807) is 31.4 Å². The molecule has 164 valence electrons. The normalized spacial score (nSPS) is 14.2. The van der Waals surface area contributed by atoms with Gasteiger partial charge in [-0.3, -0.25) is 10.1 Å². The number of halogens is 1. The Bertz CT molecular complexity index is 1080. The molecule has 1 saturated heterocycles. The summed E-state index contributed by atoms with van der Waals surface area (Å²) in [6, 6.07) is 24.6. The van der Waals surface area contributed by atoms with E-state index < -0.39 is 0 Å². The summed E-state index contributed by atoms with van der Waals surface area (Å²) in [5.41, 5.74) is 2.37. The number of anilines is 1. The summed E-state index contributed by atoms with van der Waals surface area (Å²) in [4.78, 5) is 22.1. The van der Waals surface area contributed by atoms with Crippen molar-refractivity contribution in [2.24, 2.45) is 4.99 Å². The van der Waals surface area contributed by atoms with Crippen LogP contribution in [0.4, 0.5) is 11.4 Å². The molecule has 6 nitrogen and oxygen atoms in total. The average molecular weight is 449 g/mol. The molecule has 0 spiro atoms. The number of piperazine rings is 1. The third-order valence-electron chi connectivity index (χ3n) is 5.34. The van der Waals surface area contributed by atoms with Crippen molar-refractivity contribution in [3.63, 3.8) is 0 Å². The zero-order chi connectivity index (χ0) is 22.3. The smallest absolute Gasteiger partial charge is 0.257 e. The molecule has 1 fully saturated rings. The fourth-order valence-electron chi connectivity index (χ4n) is 3.60. The SMILES string of the molecule is COc1ccccc1N=C(NC(=O)c1ccc(Cl)cc1)N1CCN(c2ccccc2)CC1. The van der Waals surface area contributed by atoms with Gasteiger partial charge in [-0.1, -0.05) is 41.9 Å². The van der Waals surface area contributed by atoms with Crippen LogP contribution in [0, 0.1) is 0 Å². The third-order valence-corrected chi connectivity index (χ3v) is 5.60. The number of ether oxygens (including phenoxy) is 1. The van der Waals surface area contributed by atoms with Crippen LogP contribution >= 0.6 is 11.6 Å². The second-order valence-corrected chi connectivity index (χ2v) is 7.81. The first-order valence-corrected chi connectivity index (χ1v) is 10.9. The molecule has 0 saturated carbocycles. The molecule has 1 amide bonds. The molecular formula is C25H25ClN4O2. The van der Waals surface area contributed by atoms with Crippen molar-refractivity contribution >= 4 is 34.8 Å². The lowest BCUT2D eigenvalue weighted by Gasteiger charge is -2.37. The highest BCUT2D eigenvalue weighted by molar-refractivity contribution is 6.30. The van der Waals surface area contributed by atoms with Crippen LogP contribution in [0.25, 0.3) is 0 Å². The lowest BCUT2D eigenvalue weighted by Crippen LogP contribution is -2.53. The second kappa shape index (κ2) is 10.2. The van der Waals surface area contributed by atoms with E-state index in [4.69, 9.17) is 21.3 Å². The van der Waals surface area contributed by atoms with Gasteiger partial charge in [0.25, 0.3) is 5.91 Å². The standard InChI is InChI=1S/C25H25ClN4O2/c1-32-23-10-6-5-9-22(23)27-25(28-24(31)19-11-13-20(26)14-12-19)30-17-15-29(16-18-30)21-7-3-2-4-8-21/h2-14H,15-18H2,1H3,(H,27,28,31). The van der Waals surface area contributed by atoms with Crippen LogP contribution in [0.5, 0.6) is 5.75 Å². The molecule has 0 bridgehead atoms. The van der Waals surface area contributed by atoms with E-state index in [2.05, 4.69) is 27.2 Å². The number of rotatable bonds is 4. The molecule has 0 atom stereocenters. The monoisotopic (exact) mass is 448 g/mol. The molecule has 1 aliphatic rings. The maximum atomic E-state index is 12.9. The van der Waals surface area contributed by atoms with Gasteiger partial charge in [0.15, 0.2) is 0 Å². The van der Waals surface area contributed by atoms with Crippen LogP contribution in [0.1, 0.15) is 10.4 Å². The molecule has 0 aliphatic carbocycles. The molecule has 0 aromatic heterocycles. The fourth-order valence-corrected chi connectivity index (χ4v) is 3.73. The largest absolute Gasteiger partial charge is 0.494 e. The number of aliphatic imine (C=N–C) groups is 1. The van der Waals surface area contributed by atoms with Gasteiger partial charge in [0.1, 0.15) is 11.4 Å². The molecule has 1 heterocycles. The Balaban J connectivity index is 1.57. The molecule has 7 heteroatoms. The summed E-state index contributed by atoms with van der Waals surface area (Å²) in [6.45, 7) is 3.10. The van der Waals surface area contributed by atoms with Crippen molar-refractivity contribution in [2.45, 2.75) is 0 Å². The predicted octanol–water partition coefficient (Wildman–Crippen LogP) is 4.59. The Morgan fingerprint density at radius 3 is 2.25 bits per heavy atom. The Morgan fingerprint density at radius 2 is 1.56 bits per heavy atom. The Morgan fingerprint density at radius 1 is 0.906 bits per heavy atom. The van der Waals surface area contributed by atoms with Gasteiger partial charge >= 0.3 is 0 Å². The Kier molecular flexibility index (Phi) is 6.92. The summed E-state index contributed by atoms with van der Waals surface area (Å²) >= 11 is 5.97. The minimum atomic E-state index is -0.235. The maximum Gasteiger partial charge on any atom is 0.257 e. The number of methoxy groups -OCH3 is 1. The van der Waals surface area contributed by atoms with Gasteiger partial charge < -0.3 is 14.5 Å². The van der Waals surface area contributed by atoms with Gasteiger partial charge in [0.05, 0.1) is 7.11 Å². The van der Waals surface area contributed by atoms with E-state index in [9.17, 15) is 4.79 Å². The number of benzene rings is 3. The number of guanidine groups is 1. The van der Waals surface area contributed by atoms with Gasteiger partial charge in [-0.25, -0.2) is 4.99 Å². The summed E-state index contributed by atoms with van der Waals surface area (Å²) < 4.78 is 5.45. The summed E-state index contributed by atoms with van der Waals surface area (Å²) in [5.74, 6) is 0.914. The van der Waals surface area contributed by atoms with Crippen LogP contribution in [-0.4, -0.2) is 50.1 Å². The van der Waals surface area contributed by atoms with Crippen LogP contribution < -0.4 is 15.0 Å². The Hall–Kier alpha value is -3.51. The number of nitrogens with one attached hydrogen (secondary N) is 1. The summed E-state index contributed by atoms with van der Waals surface area (Å²) in [6.07, 6.45) is 0. The van der Waals surface area contributed by atoms with Crippen LogP contribution in [0.2, 0.25) is 5.02 Å². The number of hydrogen-bond donors (Lipinski definition) is 1. The summed E-state index contributed by atoms with van der Waals surface area (Å²) in [7, 11) is 1.61. The van der Waals surface area contributed by atoms with E-state index in [-0.39, 0.29) is 5.91 Å². The average Bonchev–Trinajstić information content (AvgIpc) is 2.85. The van der Waals surface area contributed by atoms with Crippen molar-refractivity contribution in [3.8, 4) is 5.75 Å². The minimum Gasteiger partial charge on any atom is -0.494 e. The van der Waals surface area contributed by atoms with Crippen LogP contribution in [0.15, 0.2) is 83.9 Å². The number of para-hydroxylation sites is 3. The van der Waals surface area contributed by atoms with E-state index in [1.165, 1.54) is 5.69 Å². The van der Waals surface area contributed by atoms with E-state index in [0.717, 1.165) is 26.2 Å². The van der Waals surface area contributed by atoms with Crippen LogP contribution in [-0.2, 0) is 0 Å². The lowest BCUT2D eigenvalue weighted by atomic mass is 10.2. The molecule has 4 rings (SSSR count). The first kappa shape index (κ1) is 21.7. The molecule has 32 heavy (non-hydrogen) atoms. The quantitative estimate of drug-likeness (QED) is 0.468. The zero-order valence-electron chi connectivity index (χ0n) is 17.9. The lowest BCUT2D eigenvalue weighted by molar-refractivity contribution is 0.0971. The van der Waals surface area contributed by atoms with Gasteiger partial charge in [0, 0.05) is 42.5 Å². The number of nitrogens with zero attached hydrogens (tertiary/aromatic N) is 3. The van der Waals surface area contributed by atoms with Crippen LogP contribution in [0.3, 0.4) is 0 Å². The van der Waals surface area contributed by atoms with E-state index in [0.29, 0.717) is 28.0 Å². The zero-order valence-corrected chi connectivity index (χ0v) is 18.6. The first-order valence-electron chi connectivity index (χ1n) is 10.5. The topological polar surface area (TPSA) is 57.2 Å². The predicted molar refractivity (Wildman–Crippen MR) is 129 cm³/mol. The third kappa shape index (κ3) is 5.21. The fraction of sp³-hybridized carbons (Fsp3) is 0.200. The number of carbonyl (C=O) groups is 1. The van der Waals surface area contributed by atoms with Gasteiger partial charge in [-0.2, -0.15) is 0 Å². The van der Waals surface area contributed by atoms with Gasteiger partial charge in [-0.05, 0) is 48.5 Å². The molecule has 0 unspecified atom stereocenters. The number of carbonyl (C=O) groups excluding carboxylic acids is 1. The van der Waals surface area contributed by atoms with Crippen molar-refractivity contribution < 1.29 is 9.53 Å². The highest BCUT2D eigenvalue weighted by Crippen LogP contribution is 2.27. The van der Waals surface area contributed by atoms with E-state index in [1.807, 2.05) is 42.5 Å². The van der Waals surface area contributed by atoms with Gasteiger partial charge in [0.2, 0.25) is 5.96 Å². The van der Waals surface area contributed by atoms with E-state index >= 15 is 0 Å². The first-order chi connectivity index (χ1) is 15.6. The van der Waals surface area contributed by atoms with Crippen molar-refractivity contribution in [3.05, 3.63) is 89.4 Å². The van der Waals surface area contributed by atoms with Gasteiger partial charge in [-0.15, -0.1) is 0 Å². The molecule has 1 N–H and O–H groups in total. The summed E-state index contributed by atoms with van der Waals surface area (Å²) in [5, 5.41) is 3.58. The maximum absolute atomic E-state index is 12.9. The highest BCUT2D eigenvalue weighted by Gasteiger charge is 2.22. The molecule has 1 aliphatic heterocycles. The molecule has 3 aromatic rings. The van der Waals surface area contributed by atoms with Crippen molar-refractivity contribution in [2.75, 3.05) is 38.2 Å². The molecule has 3 aromatic carbocycles. The molecule has 0 radical (unpaired) electrons. The minimum absolute atomic E-state index is 0.235. The second-order valence-electron chi connectivity index (χ2n) is 7.38. The highest BCUT2D eigenvalue weighted by atomic mass is 35.5. The number of amides is 1. The molecular weight excluding hydrogens is 424 g/mol. The van der Waals surface area contributed by atoms with Crippen molar-refractivity contribution in [1.82, 2.24) is 10.2 Å². The number of hydrogen-bond acceptors (Lipinski definition) is 4. The van der Waals surface area contributed by atoms with Crippen molar-refractivity contribution in [1.29, 1.82) is 0 Å².